The zero-order valence-corrected chi connectivity index (χ0v) is 12.6. The lowest BCUT2D eigenvalue weighted by atomic mass is 9.92. The highest BCUT2D eigenvalue weighted by atomic mass is 19.4. The van der Waals surface area contributed by atoms with Gasteiger partial charge in [-0.3, -0.25) is 4.79 Å². The van der Waals surface area contributed by atoms with Gasteiger partial charge in [0.05, 0.1) is 12.0 Å². The quantitative estimate of drug-likeness (QED) is 0.932. The molecule has 1 saturated heterocycles. The first-order valence-electron chi connectivity index (χ1n) is 7.47. The Morgan fingerprint density at radius 3 is 2.55 bits per heavy atom. The van der Waals surface area contributed by atoms with Crippen LogP contribution in [0.25, 0.3) is 0 Å². The van der Waals surface area contributed by atoms with Crippen molar-refractivity contribution in [3.63, 3.8) is 0 Å². The summed E-state index contributed by atoms with van der Waals surface area (Å²) in [6.07, 6.45) is -2.28. The summed E-state index contributed by atoms with van der Waals surface area (Å²) in [4.78, 5) is 14.1. The van der Waals surface area contributed by atoms with E-state index in [4.69, 9.17) is 5.73 Å². The SMILES string of the molecule is C[C@H](N)[C@H]1CCCN(C(=O)Cc2ccc(C(F)(F)F)cc2)C1. The molecule has 1 aromatic carbocycles. The summed E-state index contributed by atoms with van der Waals surface area (Å²) in [7, 11) is 0. The van der Waals surface area contributed by atoms with Gasteiger partial charge in [0.15, 0.2) is 0 Å². The molecule has 1 aromatic rings. The van der Waals surface area contributed by atoms with Gasteiger partial charge in [-0.1, -0.05) is 12.1 Å². The maximum Gasteiger partial charge on any atom is 0.416 e. The van der Waals surface area contributed by atoms with Gasteiger partial charge in [-0.2, -0.15) is 13.2 Å². The number of benzene rings is 1. The van der Waals surface area contributed by atoms with Crippen LogP contribution in [0, 0.1) is 5.92 Å². The Labute approximate surface area is 128 Å². The molecule has 0 aliphatic carbocycles. The van der Waals surface area contributed by atoms with Crippen molar-refractivity contribution in [1.29, 1.82) is 0 Å². The van der Waals surface area contributed by atoms with E-state index in [1.54, 1.807) is 4.90 Å². The Balaban J connectivity index is 1.97. The van der Waals surface area contributed by atoms with Crippen LogP contribution in [0.2, 0.25) is 0 Å². The first-order valence-corrected chi connectivity index (χ1v) is 7.47. The highest BCUT2D eigenvalue weighted by Crippen LogP contribution is 2.29. The summed E-state index contributed by atoms with van der Waals surface area (Å²) in [5.41, 5.74) is 5.80. The van der Waals surface area contributed by atoms with Gasteiger partial charge in [-0.15, -0.1) is 0 Å². The van der Waals surface area contributed by atoms with E-state index in [2.05, 4.69) is 0 Å². The van der Waals surface area contributed by atoms with E-state index in [0.717, 1.165) is 25.0 Å². The van der Waals surface area contributed by atoms with Crippen molar-refractivity contribution in [2.45, 2.75) is 38.4 Å². The monoisotopic (exact) mass is 314 g/mol. The second-order valence-corrected chi connectivity index (χ2v) is 5.97. The molecule has 2 atom stereocenters. The number of amides is 1. The highest BCUT2D eigenvalue weighted by molar-refractivity contribution is 5.78. The lowest BCUT2D eigenvalue weighted by Gasteiger charge is -2.34. The average molecular weight is 314 g/mol. The molecule has 6 heteroatoms. The maximum absolute atomic E-state index is 12.5. The predicted octanol–water partition coefficient (Wildman–Crippen LogP) is 2.83. The van der Waals surface area contributed by atoms with Crippen molar-refractivity contribution in [3.8, 4) is 0 Å². The van der Waals surface area contributed by atoms with E-state index >= 15 is 0 Å². The second kappa shape index (κ2) is 6.69. The highest BCUT2D eigenvalue weighted by Gasteiger charge is 2.30. The molecule has 3 nitrogen and oxygen atoms in total. The molecule has 1 aliphatic heterocycles. The molecule has 2 rings (SSSR count). The van der Waals surface area contributed by atoms with E-state index in [1.807, 2.05) is 6.92 Å². The summed E-state index contributed by atoms with van der Waals surface area (Å²) in [5.74, 6) is 0.246. The van der Waals surface area contributed by atoms with Crippen molar-refractivity contribution in [1.82, 2.24) is 4.90 Å². The van der Waals surface area contributed by atoms with Gasteiger partial charge < -0.3 is 10.6 Å². The summed E-state index contributed by atoms with van der Waals surface area (Å²) in [6, 6.07) is 4.82. The number of nitrogens with two attached hydrogens (primary N) is 1. The number of carbonyl (C=O) groups is 1. The summed E-state index contributed by atoms with van der Waals surface area (Å²) in [5, 5.41) is 0. The molecule has 1 heterocycles. The topological polar surface area (TPSA) is 46.3 Å². The van der Waals surface area contributed by atoms with E-state index in [9.17, 15) is 18.0 Å². The van der Waals surface area contributed by atoms with E-state index in [-0.39, 0.29) is 18.4 Å². The predicted molar refractivity (Wildman–Crippen MR) is 78.1 cm³/mol. The van der Waals surface area contributed by atoms with Gasteiger partial charge in [0.25, 0.3) is 0 Å². The minimum Gasteiger partial charge on any atom is -0.342 e. The van der Waals surface area contributed by atoms with Crippen LogP contribution >= 0.6 is 0 Å². The third kappa shape index (κ3) is 4.22. The minimum absolute atomic E-state index is 0.0432. The van der Waals surface area contributed by atoms with Crippen LogP contribution < -0.4 is 5.73 Å². The number of piperidine rings is 1. The van der Waals surface area contributed by atoms with Crippen molar-refractivity contribution >= 4 is 5.91 Å². The minimum atomic E-state index is -4.35. The Hall–Kier alpha value is -1.56. The van der Waals surface area contributed by atoms with Crippen LogP contribution in [0.4, 0.5) is 13.2 Å². The molecular weight excluding hydrogens is 293 g/mol. The molecular formula is C16H21F3N2O. The van der Waals surface area contributed by atoms with Gasteiger partial charge in [0.1, 0.15) is 0 Å². The molecule has 22 heavy (non-hydrogen) atoms. The largest absolute Gasteiger partial charge is 0.416 e. The molecule has 0 unspecified atom stereocenters. The average Bonchev–Trinajstić information content (AvgIpc) is 2.47. The zero-order chi connectivity index (χ0) is 16.3. The smallest absolute Gasteiger partial charge is 0.342 e. The second-order valence-electron chi connectivity index (χ2n) is 5.97. The van der Waals surface area contributed by atoms with Crippen LogP contribution in [-0.2, 0) is 17.4 Å². The molecule has 1 amide bonds. The van der Waals surface area contributed by atoms with Gasteiger partial charge >= 0.3 is 6.18 Å². The Morgan fingerprint density at radius 2 is 2.00 bits per heavy atom. The fraction of sp³-hybridized carbons (Fsp3) is 0.562. The third-order valence-electron chi connectivity index (χ3n) is 4.19. The number of rotatable bonds is 3. The van der Waals surface area contributed by atoms with Crippen molar-refractivity contribution in [2.75, 3.05) is 13.1 Å². The van der Waals surface area contributed by atoms with E-state index in [0.29, 0.717) is 24.6 Å². The number of nitrogens with zero attached hydrogens (tertiary/aromatic N) is 1. The number of alkyl halides is 3. The Kier molecular flexibility index (Phi) is 5.11. The van der Waals surface area contributed by atoms with Gasteiger partial charge in [-0.05, 0) is 43.4 Å². The molecule has 0 radical (unpaired) electrons. The maximum atomic E-state index is 12.5. The normalized spacial score (nSPS) is 20.8. The number of hydrogen-bond donors (Lipinski definition) is 1. The van der Waals surface area contributed by atoms with Crippen LogP contribution in [0.1, 0.15) is 30.9 Å². The number of hydrogen-bond acceptors (Lipinski definition) is 2. The van der Waals surface area contributed by atoms with Crippen molar-refractivity contribution < 1.29 is 18.0 Å². The first-order chi connectivity index (χ1) is 10.3. The van der Waals surface area contributed by atoms with E-state index < -0.39 is 11.7 Å². The summed E-state index contributed by atoms with van der Waals surface area (Å²) >= 11 is 0. The third-order valence-corrected chi connectivity index (χ3v) is 4.19. The lowest BCUT2D eigenvalue weighted by molar-refractivity contribution is -0.137. The number of halogens is 3. The molecule has 0 saturated carbocycles. The van der Waals surface area contributed by atoms with Gasteiger partial charge in [0, 0.05) is 19.1 Å². The first kappa shape index (κ1) is 16.8. The standard InChI is InChI=1S/C16H21F3N2O/c1-11(20)13-3-2-8-21(10-13)15(22)9-12-4-6-14(7-5-12)16(17,18)19/h4-7,11,13H,2-3,8-10,20H2,1H3/t11-,13-/m0/s1. The molecule has 1 aliphatic rings. The molecule has 2 N–H and O–H groups in total. The number of carbonyl (C=O) groups excluding carboxylic acids is 1. The zero-order valence-electron chi connectivity index (χ0n) is 12.6. The Bertz CT molecular complexity index is 511. The van der Waals surface area contributed by atoms with Crippen molar-refractivity contribution in [3.05, 3.63) is 35.4 Å². The fourth-order valence-electron chi connectivity index (χ4n) is 2.76. The fourth-order valence-corrected chi connectivity index (χ4v) is 2.76. The van der Waals surface area contributed by atoms with Gasteiger partial charge in [0.2, 0.25) is 5.91 Å². The molecule has 0 bridgehead atoms. The molecule has 122 valence electrons. The Morgan fingerprint density at radius 1 is 1.36 bits per heavy atom. The summed E-state index contributed by atoms with van der Waals surface area (Å²) < 4.78 is 37.5. The molecule has 0 aromatic heterocycles. The van der Waals surface area contributed by atoms with E-state index in [1.165, 1.54) is 12.1 Å². The van der Waals surface area contributed by atoms with Crippen molar-refractivity contribution in [2.24, 2.45) is 11.7 Å². The summed E-state index contributed by atoms with van der Waals surface area (Å²) in [6.45, 7) is 3.27. The van der Waals surface area contributed by atoms with Crippen LogP contribution in [-0.4, -0.2) is 29.9 Å². The lowest BCUT2D eigenvalue weighted by Crippen LogP contribution is -2.45. The molecule has 1 fully saturated rings. The van der Waals surface area contributed by atoms with Crippen LogP contribution in [0.15, 0.2) is 24.3 Å². The van der Waals surface area contributed by atoms with Gasteiger partial charge in [-0.25, -0.2) is 0 Å². The number of likely N-dealkylation sites (tertiary alicyclic amines) is 1. The van der Waals surface area contributed by atoms with Crippen LogP contribution in [0.5, 0.6) is 0 Å². The van der Waals surface area contributed by atoms with Crippen LogP contribution in [0.3, 0.4) is 0 Å². The molecule has 0 spiro atoms.